The molecule has 1 atom stereocenters. The van der Waals surface area contributed by atoms with Crippen LogP contribution < -0.4 is 16.0 Å². The molecule has 0 radical (unpaired) electrons. The van der Waals surface area contributed by atoms with Crippen molar-refractivity contribution in [3.63, 3.8) is 0 Å². The molecule has 2 aromatic carbocycles. The first-order valence-corrected chi connectivity index (χ1v) is 13.0. The van der Waals surface area contributed by atoms with E-state index in [4.69, 9.17) is 16.3 Å². The molecule has 1 aromatic heterocycles. The van der Waals surface area contributed by atoms with E-state index in [-0.39, 0.29) is 19.7 Å². The van der Waals surface area contributed by atoms with Crippen LogP contribution in [0.3, 0.4) is 0 Å². The average molecular weight is 586 g/mol. The second-order valence-corrected chi connectivity index (χ2v) is 9.55. The zero-order chi connectivity index (χ0) is 29.4. The van der Waals surface area contributed by atoms with Gasteiger partial charge in [0.05, 0.1) is 11.0 Å². The fraction of sp³-hybridized carbons (Fsp3) is 0.308. The maximum absolute atomic E-state index is 12.7. The molecule has 3 aromatic rings. The molecule has 1 unspecified atom stereocenters. The largest absolute Gasteiger partial charge is 0.480 e. The fourth-order valence-electron chi connectivity index (χ4n) is 4.01. The van der Waals surface area contributed by atoms with Crippen LogP contribution in [0.1, 0.15) is 12.0 Å². The number of benzene rings is 2. The van der Waals surface area contributed by atoms with Crippen LogP contribution in [0.15, 0.2) is 48.5 Å². The van der Waals surface area contributed by atoms with Crippen molar-refractivity contribution in [1.29, 1.82) is 0 Å². The van der Waals surface area contributed by atoms with E-state index in [1.54, 1.807) is 24.3 Å². The molecule has 0 aliphatic carbocycles. The first-order valence-electron chi connectivity index (χ1n) is 12.6. The number of imide groups is 1. The molecular formula is C26H28ClN7O7. The molecule has 1 fully saturated rings. The van der Waals surface area contributed by atoms with Crippen molar-refractivity contribution < 1.29 is 33.8 Å². The molecule has 1 aliphatic heterocycles. The first-order chi connectivity index (χ1) is 19.7. The highest BCUT2D eigenvalue weighted by Crippen LogP contribution is 2.14. The molecule has 14 nitrogen and oxygen atoms in total. The minimum Gasteiger partial charge on any atom is -0.480 e. The number of ether oxygens (including phenoxy) is 1. The lowest BCUT2D eigenvalue weighted by molar-refractivity contribution is -0.139. The van der Waals surface area contributed by atoms with Gasteiger partial charge in [-0.3, -0.25) is 14.5 Å². The summed E-state index contributed by atoms with van der Waals surface area (Å²) in [5.74, 6) is -2.13. The minimum atomic E-state index is -1.51. The van der Waals surface area contributed by atoms with Gasteiger partial charge in [0.15, 0.2) is 0 Å². The second kappa shape index (κ2) is 13.5. The van der Waals surface area contributed by atoms with E-state index in [1.165, 1.54) is 4.90 Å². The van der Waals surface area contributed by atoms with Gasteiger partial charge in [-0.05, 0) is 36.2 Å². The number of carboxylic acids is 1. The van der Waals surface area contributed by atoms with E-state index in [0.717, 1.165) is 15.9 Å². The number of aromatic amines is 1. The lowest BCUT2D eigenvalue weighted by Gasteiger charge is -2.18. The van der Waals surface area contributed by atoms with Crippen molar-refractivity contribution in [2.45, 2.75) is 19.1 Å². The summed E-state index contributed by atoms with van der Waals surface area (Å²) in [4.78, 5) is 70.7. The highest BCUT2D eigenvalue weighted by molar-refractivity contribution is 6.30. The number of hydrogen-bond donors (Lipinski definition) is 5. The van der Waals surface area contributed by atoms with Gasteiger partial charge in [0.2, 0.25) is 11.9 Å². The molecule has 0 spiro atoms. The normalized spacial score (nSPS) is 13.8. The number of rotatable bonds is 13. The number of halogens is 1. The Morgan fingerprint density at radius 3 is 2.71 bits per heavy atom. The van der Waals surface area contributed by atoms with Crippen molar-refractivity contribution in [2.24, 2.45) is 0 Å². The van der Waals surface area contributed by atoms with Crippen molar-refractivity contribution in [3.05, 3.63) is 59.1 Å². The summed E-state index contributed by atoms with van der Waals surface area (Å²) in [5, 5.41) is 17.5. The number of alkyl carbamates (subject to hydrolysis) is 1. The predicted molar refractivity (Wildman–Crippen MR) is 147 cm³/mol. The number of hydrogen-bond acceptors (Lipinski definition) is 8. The molecule has 15 heteroatoms. The first kappa shape index (κ1) is 29.1. The Morgan fingerprint density at radius 2 is 1.95 bits per heavy atom. The Morgan fingerprint density at radius 1 is 1.15 bits per heavy atom. The number of aromatic nitrogens is 2. The summed E-state index contributed by atoms with van der Waals surface area (Å²) >= 11 is 5.88. The van der Waals surface area contributed by atoms with E-state index in [2.05, 4.69) is 25.9 Å². The van der Waals surface area contributed by atoms with Gasteiger partial charge in [-0.2, -0.15) is 0 Å². The quantitative estimate of drug-likeness (QED) is 0.147. The van der Waals surface area contributed by atoms with Crippen LogP contribution in [0.4, 0.5) is 15.5 Å². The summed E-state index contributed by atoms with van der Waals surface area (Å²) in [6.07, 6.45) is -0.489. The number of carbonyl (C=O) groups excluding carboxylic acids is 4. The Balaban J connectivity index is 1.17. The molecule has 1 aliphatic rings. The highest BCUT2D eigenvalue weighted by atomic mass is 35.5. The number of carbonyl (C=O) groups is 5. The number of amides is 5. The summed E-state index contributed by atoms with van der Waals surface area (Å²) in [7, 11) is 0. The van der Waals surface area contributed by atoms with Gasteiger partial charge in [-0.25, -0.2) is 19.4 Å². The molecule has 216 valence electrons. The molecule has 41 heavy (non-hydrogen) atoms. The molecular weight excluding hydrogens is 558 g/mol. The number of imidazole rings is 1. The molecule has 5 N–H and O–H groups in total. The van der Waals surface area contributed by atoms with Gasteiger partial charge in [0, 0.05) is 24.7 Å². The number of carboxylic acid groups (broad SMARTS) is 1. The van der Waals surface area contributed by atoms with Crippen molar-refractivity contribution in [2.75, 3.05) is 38.0 Å². The Hall–Kier alpha value is -4.85. The van der Waals surface area contributed by atoms with Crippen LogP contribution >= 0.6 is 11.6 Å². The molecule has 2 heterocycles. The number of nitrogens with zero attached hydrogens (tertiary/aromatic N) is 3. The van der Waals surface area contributed by atoms with E-state index in [9.17, 15) is 29.1 Å². The van der Waals surface area contributed by atoms with Crippen LogP contribution in [0.25, 0.3) is 11.0 Å². The maximum Gasteiger partial charge on any atom is 0.408 e. The van der Waals surface area contributed by atoms with E-state index < -0.39 is 49.0 Å². The second-order valence-electron chi connectivity index (χ2n) is 9.11. The summed E-state index contributed by atoms with van der Waals surface area (Å²) in [6.45, 7) is -0.627. The third-order valence-corrected chi connectivity index (χ3v) is 6.30. The highest BCUT2D eigenvalue weighted by Gasteiger charge is 2.36. The van der Waals surface area contributed by atoms with E-state index in [0.29, 0.717) is 29.5 Å². The van der Waals surface area contributed by atoms with Crippen LogP contribution in [-0.2, 0) is 25.7 Å². The molecule has 1 saturated heterocycles. The number of H-pyrrole nitrogens is 1. The zero-order valence-corrected chi connectivity index (χ0v) is 22.5. The average Bonchev–Trinajstić information content (AvgIpc) is 3.47. The molecule has 4 rings (SSSR count). The Bertz CT molecular complexity index is 1410. The van der Waals surface area contributed by atoms with Crippen LogP contribution in [0.2, 0.25) is 5.02 Å². The van der Waals surface area contributed by atoms with Crippen molar-refractivity contribution in [1.82, 2.24) is 30.4 Å². The number of para-hydroxylation sites is 2. The number of fused-ring (bicyclic) bond motifs is 1. The monoisotopic (exact) mass is 585 g/mol. The summed E-state index contributed by atoms with van der Waals surface area (Å²) in [5.41, 5.74) is 2.32. The lowest BCUT2D eigenvalue weighted by atomic mass is 10.2. The van der Waals surface area contributed by atoms with Crippen molar-refractivity contribution >= 4 is 58.5 Å². The molecule has 0 bridgehead atoms. The predicted octanol–water partition coefficient (Wildman–Crippen LogP) is 1.78. The zero-order valence-electron chi connectivity index (χ0n) is 21.8. The SMILES string of the molecule is O=C(CN1C(=O)CN(CCCNc2nc3ccccc3[nH]2)C1=O)NCC(NC(=O)OCc1cccc(Cl)c1)C(=O)O. The molecule has 0 saturated carbocycles. The summed E-state index contributed by atoms with van der Waals surface area (Å²) in [6, 6.07) is 12.0. The smallest absolute Gasteiger partial charge is 0.408 e. The van der Waals surface area contributed by atoms with Gasteiger partial charge in [0.1, 0.15) is 25.7 Å². The number of urea groups is 1. The fourth-order valence-corrected chi connectivity index (χ4v) is 4.23. The standard InChI is InChI=1S/C26H28ClN7O7/c27-17-6-3-5-16(11-17)15-41-25(39)32-20(23(37)38)12-29-21(35)13-34-22(36)14-33(26(34)40)10-4-9-28-24-30-18-7-1-2-8-19(18)31-24/h1-3,5-8,11,20H,4,9-10,12-15H2,(H,29,35)(H,32,39)(H,37,38)(H2,28,30,31). The number of anilines is 1. The maximum atomic E-state index is 12.7. The summed E-state index contributed by atoms with van der Waals surface area (Å²) < 4.78 is 5.00. The van der Waals surface area contributed by atoms with Crippen LogP contribution in [-0.4, -0.2) is 93.5 Å². The van der Waals surface area contributed by atoms with Crippen LogP contribution in [0.5, 0.6) is 0 Å². The van der Waals surface area contributed by atoms with Crippen molar-refractivity contribution in [3.8, 4) is 0 Å². The topological polar surface area (TPSA) is 186 Å². The number of nitrogens with one attached hydrogen (secondary N) is 4. The molecule has 5 amide bonds. The van der Waals surface area contributed by atoms with Gasteiger partial charge in [-0.1, -0.05) is 35.9 Å². The Kier molecular flexibility index (Phi) is 9.58. The van der Waals surface area contributed by atoms with Crippen LogP contribution in [0, 0.1) is 0 Å². The van der Waals surface area contributed by atoms with Gasteiger partial charge in [-0.15, -0.1) is 0 Å². The third-order valence-electron chi connectivity index (χ3n) is 6.07. The van der Waals surface area contributed by atoms with E-state index >= 15 is 0 Å². The van der Waals surface area contributed by atoms with Gasteiger partial charge >= 0.3 is 18.1 Å². The minimum absolute atomic E-state index is 0.142. The third kappa shape index (κ3) is 8.08. The van der Waals surface area contributed by atoms with E-state index in [1.807, 2.05) is 24.3 Å². The Labute approximate surface area is 239 Å². The lowest BCUT2D eigenvalue weighted by Crippen LogP contribution is -2.50. The van der Waals surface area contributed by atoms with Gasteiger partial charge in [0.25, 0.3) is 5.91 Å². The number of aliphatic carboxylic acids is 1. The van der Waals surface area contributed by atoms with Gasteiger partial charge < -0.3 is 35.7 Å².